The molecular formula is C6H10N2O6. The Kier molecular flexibility index (Phi) is 3.69. The van der Waals surface area contributed by atoms with Gasteiger partial charge in [0.25, 0.3) is 5.54 Å². The first-order valence-corrected chi connectivity index (χ1v) is 3.44. The van der Waals surface area contributed by atoms with Crippen LogP contribution in [0.3, 0.4) is 0 Å². The van der Waals surface area contributed by atoms with Gasteiger partial charge in [0.05, 0.1) is 12.6 Å². The Morgan fingerprint density at radius 2 is 1.57 bits per heavy atom. The Labute approximate surface area is 78.1 Å². The monoisotopic (exact) mass is 206 g/mol. The molecule has 0 radical (unpaired) electrons. The number of nitrogens with two attached hydrogens (primary N) is 2. The van der Waals surface area contributed by atoms with Crippen LogP contribution in [0.4, 0.5) is 0 Å². The summed E-state index contributed by atoms with van der Waals surface area (Å²) in [6.07, 6.45) is 0. The highest BCUT2D eigenvalue weighted by atomic mass is 16.4. The molecule has 14 heavy (non-hydrogen) atoms. The SMILES string of the molecule is N[C@@H](CO)C(=O)C(N)(C(=O)O)C(=O)O. The van der Waals surface area contributed by atoms with Crippen LogP contribution in [0.25, 0.3) is 0 Å². The summed E-state index contributed by atoms with van der Waals surface area (Å²) in [5.74, 6) is -5.52. The predicted molar refractivity (Wildman–Crippen MR) is 42.3 cm³/mol. The summed E-state index contributed by atoms with van der Waals surface area (Å²) in [5.41, 5.74) is 6.73. The molecular weight excluding hydrogens is 196 g/mol. The molecule has 0 bridgehead atoms. The molecule has 0 aromatic heterocycles. The Balaban J connectivity index is 5.13. The molecule has 1 atom stereocenters. The van der Waals surface area contributed by atoms with Crippen molar-refractivity contribution in [2.75, 3.05) is 6.61 Å². The summed E-state index contributed by atoms with van der Waals surface area (Å²) >= 11 is 0. The molecule has 0 aromatic carbocycles. The molecule has 0 rings (SSSR count). The molecule has 0 fully saturated rings. The lowest BCUT2D eigenvalue weighted by atomic mass is 9.91. The fraction of sp³-hybridized carbons (Fsp3) is 0.500. The van der Waals surface area contributed by atoms with E-state index in [4.69, 9.17) is 26.8 Å². The fourth-order valence-electron chi connectivity index (χ4n) is 0.678. The third-order valence-corrected chi connectivity index (χ3v) is 1.60. The topological polar surface area (TPSA) is 164 Å². The quantitative estimate of drug-likeness (QED) is 0.292. The summed E-state index contributed by atoms with van der Waals surface area (Å²) in [7, 11) is 0. The lowest BCUT2D eigenvalue weighted by Gasteiger charge is -2.20. The van der Waals surface area contributed by atoms with Gasteiger partial charge in [-0.15, -0.1) is 0 Å². The normalized spacial score (nSPS) is 13.4. The number of Topliss-reactive ketones (excluding diaryl/α,β-unsaturated/α-hetero) is 1. The van der Waals surface area contributed by atoms with E-state index in [0.717, 1.165) is 0 Å². The zero-order valence-electron chi connectivity index (χ0n) is 7.01. The van der Waals surface area contributed by atoms with Crippen LogP contribution in [0.5, 0.6) is 0 Å². The molecule has 0 aliphatic carbocycles. The van der Waals surface area contributed by atoms with Crippen molar-refractivity contribution in [3.05, 3.63) is 0 Å². The van der Waals surface area contributed by atoms with Crippen molar-refractivity contribution in [3.63, 3.8) is 0 Å². The molecule has 0 unspecified atom stereocenters. The minimum Gasteiger partial charge on any atom is -0.479 e. The molecule has 0 saturated heterocycles. The highest BCUT2D eigenvalue weighted by Crippen LogP contribution is 2.05. The molecule has 0 aromatic rings. The Hall–Kier alpha value is -1.51. The second-order valence-electron chi connectivity index (χ2n) is 2.57. The number of aliphatic hydroxyl groups excluding tert-OH is 1. The predicted octanol–water partition coefficient (Wildman–Crippen LogP) is -3.26. The molecule has 0 heterocycles. The van der Waals surface area contributed by atoms with Gasteiger partial charge in [0, 0.05) is 0 Å². The van der Waals surface area contributed by atoms with Gasteiger partial charge in [-0.2, -0.15) is 0 Å². The number of hydrogen-bond acceptors (Lipinski definition) is 6. The number of aliphatic carboxylic acids is 2. The van der Waals surface area contributed by atoms with Gasteiger partial charge in [-0.3, -0.25) is 4.79 Å². The Morgan fingerprint density at radius 1 is 1.21 bits per heavy atom. The zero-order valence-corrected chi connectivity index (χ0v) is 7.01. The lowest BCUT2D eigenvalue weighted by molar-refractivity contribution is -0.160. The number of ketones is 1. The van der Waals surface area contributed by atoms with Crippen molar-refractivity contribution in [3.8, 4) is 0 Å². The largest absolute Gasteiger partial charge is 0.479 e. The molecule has 0 spiro atoms. The molecule has 8 heteroatoms. The van der Waals surface area contributed by atoms with E-state index in [1.165, 1.54) is 0 Å². The van der Waals surface area contributed by atoms with Crippen molar-refractivity contribution < 1.29 is 29.7 Å². The van der Waals surface area contributed by atoms with E-state index in [9.17, 15) is 14.4 Å². The minimum atomic E-state index is -3.11. The van der Waals surface area contributed by atoms with E-state index >= 15 is 0 Å². The smallest absolute Gasteiger partial charge is 0.343 e. The van der Waals surface area contributed by atoms with Crippen LogP contribution in [0.15, 0.2) is 0 Å². The van der Waals surface area contributed by atoms with Crippen LogP contribution in [0, 0.1) is 0 Å². The maximum absolute atomic E-state index is 11.1. The van der Waals surface area contributed by atoms with Gasteiger partial charge < -0.3 is 26.8 Å². The van der Waals surface area contributed by atoms with Gasteiger partial charge in [-0.1, -0.05) is 0 Å². The van der Waals surface area contributed by atoms with Crippen molar-refractivity contribution in [1.82, 2.24) is 0 Å². The molecule has 0 amide bonds. The molecule has 7 N–H and O–H groups in total. The van der Waals surface area contributed by atoms with Gasteiger partial charge in [0.2, 0.25) is 0 Å². The first-order valence-electron chi connectivity index (χ1n) is 3.44. The van der Waals surface area contributed by atoms with Gasteiger partial charge in [-0.25, -0.2) is 9.59 Å². The standard InChI is InChI=1S/C6H10N2O6/c7-2(1-9)3(10)6(8,4(11)12)5(13)14/h2,9H,1,7-8H2,(H,11,12)(H,13,14)/t2-/m0/s1. The number of carbonyl (C=O) groups is 3. The molecule has 8 nitrogen and oxygen atoms in total. The van der Waals surface area contributed by atoms with Gasteiger partial charge in [-0.05, 0) is 0 Å². The third-order valence-electron chi connectivity index (χ3n) is 1.60. The van der Waals surface area contributed by atoms with Gasteiger partial charge in [0.1, 0.15) is 0 Å². The van der Waals surface area contributed by atoms with Crippen LogP contribution < -0.4 is 11.5 Å². The second-order valence-corrected chi connectivity index (χ2v) is 2.57. The van der Waals surface area contributed by atoms with E-state index in [2.05, 4.69) is 0 Å². The van der Waals surface area contributed by atoms with Gasteiger partial charge >= 0.3 is 11.9 Å². The number of carboxylic acids is 2. The average Bonchev–Trinajstić information content (AvgIpc) is 2.13. The Bertz CT molecular complexity index is 261. The fourth-order valence-corrected chi connectivity index (χ4v) is 0.678. The Morgan fingerprint density at radius 3 is 1.79 bits per heavy atom. The van der Waals surface area contributed by atoms with Crippen LogP contribution in [-0.2, 0) is 14.4 Å². The third kappa shape index (κ3) is 1.87. The van der Waals surface area contributed by atoms with Crippen molar-refractivity contribution in [2.45, 2.75) is 11.6 Å². The highest BCUT2D eigenvalue weighted by molar-refractivity contribution is 6.25. The first-order chi connectivity index (χ1) is 6.28. The van der Waals surface area contributed by atoms with Crippen LogP contribution in [-0.4, -0.2) is 51.2 Å². The van der Waals surface area contributed by atoms with E-state index in [0.29, 0.717) is 0 Å². The first kappa shape index (κ1) is 12.5. The number of rotatable bonds is 5. The summed E-state index contributed by atoms with van der Waals surface area (Å²) in [6.45, 7) is -0.877. The van der Waals surface area contributed by atoms with E-state index in [-0.39, 0.29) is 0 Å². The van der Waals surface area contributed by atoms with E-state index in [1.807, 2.05) is 0 Å². The maximum atomic E-state index is 11.1. The summed E-state index contributed by atoms with van der Waals surface area (Å²) in [4.78, 5) is 32.0. The zero-order chi connectivity index (χ0) is 11.5. The number of aliphatic hydroxyl groups is 1. The molecule has 0 aliphatic heterocycles. The van der Waals surface area contributed by atoms with Crippen LogP contribution >= 0.6 is 0 Å². The lowest BCUT2D eigenvalue weighted by Crippen LogP contribution is -2.65. The molecule has 0 saturated carbocycles. The average molecular weight is 206 g/mol. The van der Waals surface area contributed by atoms with Crippen molar-refractivity contribution in [1.29, 1.82) is 0 Å². The van der Waals surface area contributed by atoms with E-state index < -0.39 is 35.9 Å². The van der Waals surface area contributed by atoms with E-state index in [1.54, 1.807) is 0 Å². The highest BCUT2D eigenvalue weighted by Gasteiger charge is 2.51. The number of carboxylic acid groups (broad SMARTS) is 2. The molecule has 80 valence electrons. The number of hydrogen-bond donors (Lipinski definition) is 5. The summed E-state index contributed by atoms with van der Waals surface area (Å²) in [6, 6.07) is -1.63. The second kappa shape index (κ2) is 4.13. The summed E-state index contributed by atoms with van der Waals surface area (Å²) in [5, 5.41) is 25.4. The van der Waals surface area contributed by atoms with Crippen LogP contribution in [0.2, 0.25) is 0 Å². The summed E-state index contributed by atoms with van der Waals surface area (Å²) < 4.78 is 0. The van der Waals surface area contributed by atoms with Crippen molar-refractivity contribution >= 4 is 17.7 Å². The van der Waals surface area contributed by atoms with Crippen molar-refractivity contribution in [2.24, 2.45) is 11.5 Å². The molecule has 0 aliphatic rings. The minimum absolute atomic E-state index is 0.877. The maximum Gasteiger partial charge on any atom is 0.343 e. The number of carbonyl (C=O) groups excluding carboxylic acids is 1. The van der Waals surface area contributed by atoms with Crippen LogP contribution in [0.1, 0.15) is 0 Å². The van der Waals surface area contributed by atoms with Gasteiger partial charge in [0.15, 0.2) is 5.78 Å².